The van der Waals surface area contributed by atoms with Gasteiger partial charge in [0.2, 0.25) is 10.0 Å². The molecule has 1 aliphatic rings. The molecule has 13 heteroatoms. The molecule has 3 heterocycles. The van der Waals surface area contributed by atoms with Gasteiger partial charge in [0.15, 0.2) is 0 Å². The number of halogens is 4. The average molecular weight is 575 g/mol. The van der Waals surface area contributed by atoms with Gasteiger partial charge in [-0.1, -0.05) is 35.9 Å². The SMILES string of the molecule is O=S(=O)(NCCSCc1ccnc(Cl)c1)c1cc(C(F)(F)F)cnc1NC1CSCc2ccccc21. The van der Waals surface area contributed by atoms with E-state index in [2.05, 4.69) is 20.0 Å². The second-order valence-electron chi connectivity index (χ2n) is 7.92. The van der Waals surface area contributed by atoms with E-state index in [1.54, 1.807) is 30.1 Å². The van der Waals surface area contributed by atoms with Crippen LogP contribution in [0.3, 0.4) is 0 Å². The number of fused-ring (bicyclic) bond motifs is 1. The van der Waals surface area contributed by atoms with Gasteiger partial charge in [-0.3, -0.25) is 0 Å². The van der Waals surface area contributed by atoms with Gasteiger partial charge in [-0.15, -0.1) is 0 Å². The summed E-state index contributed by atoms with van der Waals surface area (Å²) in [6.07, 6.45) is -2.50. The zero-order valence-corrected chi connectivity index (χ0v) is 22.0. The van der Waals surface area contributed by atoms with Crippen LogP contribution in [-0.4, -0.2) is 36.4 Å². The third kappa shape index (κ3) is 6.86. The highest BCUT2D eigenvalue weighted by Crippen LogP contribution is 2.36. The molecular weight excluding hydrogens is 553 g/mol. The molecule has 1 unspecified atom stereocenters. The van der Waals surface area contributed by atoms with Crippen molar-refractivity contribution in [2.75, 3.05) is 23.4 Å². The molecular formula is C23H22ClF3N4O2S3. The number of thioether (sulfide) groups is 2. The van der Waals surface area contributed by atoms with Gasteiger partial charge in [-0.05, 0) is 34.9 Å². The number of anilines is 1. The Balaban J connectivity index is 1.50. The Bertz CT molecular complexity index is 1330. The Hall–Kier alpha value is -1.99. The Morgan fingerprint density at radius 2 is 1.97 bits per heavy atom. The molecule has 0 saturated carbocycles. The van der Waals surface area contributed by atoms with Crippen molar-refractivity contribution in [3.63, 3.8) is 0 Å². The van der Waals surface area contributed by atoms with Crippen molar-refractivity contribution in [2.45, 2.75) is 28.6 Å². The summed E-state index contributed by atoms with van der Waals surface area (Å²) >= 11 is 8.97. The van der Waals surface area contributed by atoms with Crippen LogP contribution < -0.4 is 10.0 Å². The van der Waals surface area contributed by atoms with Crippen molar-refractivity contribution in [3.05, 3.63) is 82.3 Å². The highest BCUT2D eigenvalue weighted by molar-refractivity contribution is 7.98. The highest BCUT2D eigenvalue weighted by Gasteiger charge is 2.34. The summed E-state index contributed by atoms with van der Waals surface area (Å²) in [5.74, 6) is 2.31. The number of nitrogens with one attached hydrogen (secondary N) is 2. The molecule has 2 N–H and O–H groups in total. The quantitative estimate of drug-likeness (QED) is 0.248. The van der Waals surface area contributed by atoms with Crippen molar-refractivity contribution in [1.29, 1.82) is 0 Å². The lowest BCUT2D eigenvalue weighted by Gasteiger charge is -2.27. The Morgan fingerprint density at radius 1 is 1.17 bits per heavy atom. The van der Waals surface area contributed by atoms with Crippen LogP contribution in [0.4, 0.5) is 19.0 Å². The van der Waals surface area contributed by atoms with Crippen LogP contribution in [-0.2, 0) is 27.7 Å². The van der Waals surface area contributed by atoms with Crippen molar-refractivity contribution < 1.29 is 21.6 Å². The number of rotatable bonds is 9. The van der Waals surface area contributed by atoms with Gasteiger partial charge in [-0.2, -0.15) is 36.7 Å². The fourth-order valence-corrected chi connectivity index (χ4v) is 7.03. The molecule has 0 amide bonds. The van der Waals surface area contributed by atoms with Gasteiger partial charge in [-0.25, -0.2) is 23.1 Å². The maximum atomic E-state index is 13.4. The number of benzene rings is 1. The monoisotopic (exact) mass is 574 g/mol. The lowest BCUT2D eigenvalue weighted by molar-refractivity contribution is -0.138. The summed E-state index contributed by atoms with van der Waals surface area (Å²) in [4.78, 5) is 7.26. The van der Waals surface area contributed by atoms with Crippen LogP contribution >= 0.6 is 35.1 Å². The van der Waals surface area contributed by atoms with Gasteiger partial charge in [0.05, 0.1) is 11.6 Å². The molecule has 6 nitrogen and oxygen atoms in total. The summed E-state index contributed by atoms with van der Waals surface area (Å²) in [7, 11) is -4.28. The number of nitrogens with zero attached hydrogens (tertiary/aromatic N) is 2. The topological polar surface area (TPSA) is 84.0 Å². The standard InChI is InChI=1S/C23H22ClF3N4O2S3/c24-21-9-15(5-6-28-21)12-34-8-7-30-36(32,33)20-10-17(23(25,26)27)11-29-22(20)31-19-14-35-13-16-3-1-2-4-18(16)19/h1-6,9-11,19,30H,7-8,12-14H2,(H,29,31). The summed E-state index contributed by atoms with van der Waals surface area (Å²) < 4.78 is 68.8. The molecule has 0 radical (unpaired) electrons. The first-order chi connectivity index (χ1) is 17.1. The molecule has 0 saturated heterocycles. The first-order valence-electron chi connectivity index (χ1n) is 10.8. The fourth-order valence-electron chi connectivity index (χ4n) is 3.63. The molecule has 2 aromatic heterocycles. The van der Waals surface area contributed by atoms with Crippen LogP contribution in [0.1, 0.15) is 28.3 Å². The number of hydrogen-bond acceptors (Lipinski definition) is 7. The lowest BCUT2D eigenvalue weighted by atomic mass is 10.0. The smallest absolute Gasteiger partial charge is 0.361 e. The van der Waals surface area contributed by atoms with Crippen LogP contribution in [0.5, 0.6) is 0 Å². The molecule has 192 valence electrons. The van der Waals surface area contributed by atoms with E-state index < -0.39 is 26.7 Å². The van der Waals surface area contributed by atoms with E-state index in [0.29, 0.717) is 34.7 Å². The third-order valence-electron chi connectivity index (χ3n) is 5.35. The molecule has 1 aromatic carbocycles. The Labute approximate surface area is 220 Å². The van der Waals surface area contributed by atoms with Gasteiger partial charge < -0.3 is 5.32 Å². The van der Waals surface area contributed by atoms with Crippen molar-refractivity contribution in [3.8, 4) is 0 Å². The second-order valence-corrected chi connectivity index (χ2v) is 12.2. The molecule has 0 fully saturated rings. The number of sulfonamides is 1. The van der Waals surface area contributed by atoms with Crippen molar-refractivity contribution in [1.82, 2.24) is 14.7 Å². The van der Waals surface area contributed by atoms with Crippen LogP contribution in [0.15, 0.2) is 59.8 Å². The van der Waals surface area contributed by atoms with E-state index >= 15 is 0 Å². The predicted octanol–water partition coefficient (Wildman–Crippen LogP) is 5.76. The minimum absolute atomic E-state index is 0.0314. The zero-order chi connectivity index (χ0) is 25.8. The third-order valence-corrected chi connectivity index (χ3v) is 9.15. The summed E-state index contributed by atoms with van der Waals surface area (Å²) in [6, 6.07) is 11.6. The van der Waals surface area contributed by atoms with Crippen LogP contribution in [0.25, 0.3) is 0 Å². The minimum Gasteiger partial charge on any atom is -0.361 e. The number of hydrogen-bond donors (Lipinski definition) is 2. The Morgan fingerprint density at radius 3 is 2.75 bits per heavy atom. The summed E-state index contributed by atoms with van der Waals surface area (Å²) in [6.45, 7) is 0.0314. The molecule has 0 aliphatic carbocycles. The first kappa shape index (κ1) is 27.1. The fraction of sp³-hybridized carbons (Fsp3) is 0.304. The van der Waals surface area contributed by atoms with Crippen molar-refractivity contribution in [2.24, 2.45) is 0 Å². The highest BCUT2D eigenvalue weighted by atomic mass is 35.5. The van der Waals surface area contributed by atoms with Crippen LogP contribution in [0.2, 0.25) is 5.15 Å². The number of aromatic nitrogens is 2. The largest absolute Gasteiger partial charge is 0.417 e. The maximum absolute atomic E-state index is 13.4. The Kier molecular flexibility index (Phi) is 8.71. The number of alkyl halides is 3. The van der Waals surface area contributed by atoms with Gasteiger partial charge in [0.1, 0.15) is 15.9 Å². The van der Waals surface area contributed by atoms with E-state index in [9.17, 15) is 21.6 Å². The summed E-state index contributed by atoms with van der Waals surface area (Å²) in [5, 5.41) is 3.44. The van der Waals surface area contributed by atoms with E-state index in [-0.39, 0.29) is 18.4 Å². The van der Waals surface area contributed by atoms with E-state index in [4.69, 9.17) is 11.6 Å². The molecule has 36 heavy (non-hydrogen) atoms. The summed E-state index contributed by atoms with van der Waals surface area (Å²) in [5.41, 5.74) is 1.87. The van der Waals surface area contributed by atoms with Gasteiger partial charge >= 0.3 is 6.18 Å². The average Bonchev–Trinajstić information content (AvgIpc) is 2.83. The molecule has 1 aliphatic heterocycles. The normalized spacial score (nSPS) is 15.9. The van der Waals surface area contributed by atoms with Crippen molar-refractivity contribution >= 4 is 51.0 Å². The van der Waals surface area contributed by atoms with E-state index in [0.717, 1.165) is 22.4 Å². The first-order valence-corrected chi connectivity index (χ1v) is 15.0. The molecule has 0 bridgehead atoms. The molecule has 3 aromatic rings. The maximum Gasteiger partial charge on any atom is 0.417 e. The molecule has 4 rings (SSSR count). The van der Waals surface area contributed by atoms with Gasteiger partial charge in [0, 0.05) is 41.9 Å². The minimum atomic E-state index is -4.73. The van der Waals surface area contributed by atoms with E-state index in [1.807, 2.05) is 24.3 Å². The van der Waals surface area contributed by atoms with Crippen LogP contribution in [0, 0.1) is 0 Å². The van der Waals surface area contributed by atoms with Gasteiger partial charge in [0.25, 0.3) is 0 Å². The molecule has 1 atom stereocenters. The zero-order valence-electron chi connectivity index (χ0n) is 18.8. The second kappa shape index (κ2) is 11.6. The lowest BCUT2D eigenvalue weighted by Crippen LogP contribution is -2.28. The van der Waals surface area contributed by atoms with E-state index in [1.165, 1.54) is 11.8 Å². The molecule has 0 spiro atoms. The number of pyridine rings is 2. The predicted molar refractivity (Wildman–Crippen MR) is 139 cm³/mol.